The van der Waals surface area contributed by atoms with Crippen LogP contribution in [0.3, 0.4) is 0 Å². The summed E-state index contributed by atoms with van der Waals surface area (Å²) in [6.45, 7) is 6.21. The zero-order chi connectivity index (χ0) is 22.2. The first-order chi connectivity index (χ1) is 14.7. The lowest BCUT2D eigenvalue weighted by molar-refractivity contribution is 0.0248. The van der Waals surface area contributed by atoms with E-state index in [0.29, 0.717) is 18.0 Å². The minimum absolute atomic E-state index is 0.00830. The fraction of sp³-hybridized carbons (Fsp3) is 0.375. The Labute approximate surface area is 180 Å². The van der Waals surface area contributed by atoms with Crippen LogP contribution in [-0.4, -0.2) is 34.2 Å². The van der Waals surface area contributed by atoms with Crippen LogP contribution in [0.5, 0.6) is 5.88 Å². The van der Waals surface area contributed by atoms with E-state index in [9.17, 15) is 9.18 Å². The number of hydrogen-bond donors (Lipinski definition) is 0. The number of nitrogens with zero attached hydrogens (tertiary/aromatic N) is 3. The van der Waals surface area contributed by atoms with Gasteiger partial charge in [-0.25, -0.2) is 14.2 Å². The van der Waals surface area contributed by atoms with Gasteiger partial charge in [-0.1, -0.05) is 18.2 Å². The van der Waals surface area contributed by atoms with Crippen LogP contribution in [0.2, 0.25) is 0 Å². The van der Waals surface area contributed by atoms with Gasteiger partial charge in [0.2, 0.25) is 5.88 Å². The molecule has 2 unspecified atom stereocenters. The average molecular weight is 421 g/mol. The standard InChI is InChI=1S/C24H24FN3O3/c1-24(2,3)31-23(29)28-13-17-10-18(28)11-19(17)21-5-4-6-22(27-21)30-14-16-8-7-15(12-26)9-20(16)25/h4-9,11,17-18H,10,13-14H2,1-3H3. The number of amides is 1. The van der Waals surface area contributed by atoms with Crippen molar-refractivity contribution in [3.05, 3.63) is 65.1 Å². The van der Waals surface area contributed by atoms with E-state index in [2.05, 4.69) is 11.1 Å². The summed E-state index contributed by atoms with van der Waals surface area (Å²) in [6, 6.07) is 11.7. The largest absolute Gasteiger partial charge is 0.473 e. The molecule has 0 saturated carbocycles. The first kappa shape index (κ1) is 20.9. The van der Waals surface area contributed by atoms with Gasteiger partial charge in [-0.3, -0.25) is 0 Å². The van der Waals surface area contributed by atoms with Crippen LogP contribution >= 0.6 is 0 Å². The Morgan fingerprint density at radius 1 is 1.32 bits per heavy atom. The van der Waals surface area contributed by atoms with E-state index >= 15 is 0 Å². The maximum Gasteiger partial charge on any atom is 0.410 e. The van der Waals surface area contributed by atoms with Crippen LogP contribution < -0.4 is 4.74 Å². The second kappa shape index (κ2) is 8.03. The molecule has 1 aliphatic carbocycles. The molecule has 4 rings (SSSR count). The maximum atomic E-state index is 14.1. The fourth-order valence-corrected chi connectivity index (χ4v) is 3.96. The molecule has 1 fully saturated rings. The zero-order valence-corrected chi connectivity index (χ0v) is 17.8. The predicted octanol–water partition coefficient (Wildman–Crippen LogP) is 4.69. The van der Waals surface area contributed by atoms with Gasteiger partial charge in [-0.2, -0.15) is 5.26 Å². The van der Waals surface area contributed by atoms with Crippen molar-refractivity contribution in [2.75, 3.05) is 6.54 Å². The quantitative estimate of drug-likeness (QED) is 0.716. The number of carbonyl (C=O) groups is 1. The second-order valence-corrected chi connectivity index (χ2v) is 8.82. The van der Waals surface area contributed by atoms with Crippen molar-refractivity contribution >= 4 is 11.7 Å². The number of hydrogen-bond acceptors (Lipinski definition) is 5. The maximum absolute atomic E-state index is 14.1. The van der Waals surface area contributed by atoms with Crippen molar-refractivity contribution in [1.82, 2.24) is 9.88 Å². The van der Waals surface area contributed by atoms with Crippen LogP contribution in [0.25, 0.3) is 5.57 Å². The molecule has 6 nitrogen and oxygen atoms in total. The summed E-state index contributed by atoms with van der Waals surface area (Å²) in [4.78, 5) is 18.8. The molecule has 1 aromatic carbocycles. The first-order valence-electron chi connectivity index (χ1n) is 10.2. The molecule has 2 bridgehead atoms. The molecule has 0 radical (unpaired) electrons. The topological polar surface area (TPSA) is 75.4 Å². The van der Waals surface area contributed by atoms with Crippen molar-refractivity contribution < 1.29 is 18.7 Å². The predicted molar refractivity (Wildman–Crippen MR) is 112 cm³/mol. The summed E-state index contributed by atoms with van der Waals surface area (Å²) >= 11 is 0. The SMILES string of the molecule is CC(C)(C)OC(=O)N1CC2CC1C=C2c1cccc(OCc2ccc(C#N)cc2F)n1. The Morgan fingerprint density at radius 3 is 2.77 bits per heavy atom. The number of pyridine rings is 1. The number of halogens is 1. The number of carbonyl (C=O) groups excluding carboxylic acids is 1. The van der Waals surface area contributed by atoms with Crippen molar-refractivity contribution in [1.29, 1.82) is 5.26 Å². The van der Waals surface area contributed by atoms with Gasteiger partial charge in [-0.05, 0) is 51.0 Å². The molecule has 160 valence electrons. The van der Waals surface area contributed by atoms with Gasteiger partial charge in [0, 0.05) is 24.1 Å². The minimum Gasteiger partial charge on any atom is -0.473 e. The summed E-state index contributed by atoms with van der Waals surface area (Å²) in [6.07, 6.45) is 2.65. The molecule has 2 aromatic rings. The van der Waals surface area contributed by atoms with Crippen LogP contribution in [0.1, 0.15) is 44.0 Å². The van der Waals surface area contributed by atoms with E-state index in [1.807, 2.05) is 39.0 Å². The van der Waals surface area contributed by atoms with Crippen LogP contribution in [0, 0.1) is 23.1 Å². The molecule has 0 spiro atoms. The highest BCUT2D eigenvalue weighted by molar-refractivity contribution is 5.76. The summed E-state index contributed by atoms with van der Waals surface area (Å²) in [7, 11) is 0. The third-order valence-electron chi connectivity index (χ3n) is 5.36. The monoisotopic (exact) mass is 421 g/mol. The van der Waals surface area contributed by atoms with Crippen LogP contribution in [-0.2, 0) is 11.3 Å². The van der Waals surface area contributed by atoms with Crippen molar-refractivity contribution in [3.63, 3.8) is 0 Å². The summed E-state index contributed by atoms with van der Waals surface area (Å²) < 4.78 is 25.3. The molecule has 31 heavy (non-hydrogen) atoms. The fourth-order valence-electron chi connectivity index (χ4n) is 3.96. The molecule has 2 aliphatic rings. The normalized spacial score (nSPS) is 19.7. The average Bonchev–Trinajstić information content (AvgIpc) is 3.33. The second-order valence-electron chi connectivity index (χ2n) is 8.82. The third-order valence-corrected chi connectivity index (χ3v) is 5.36. The Hall–Kier alpha value is -3.40. The number of benzene rings is 1. The Kier molecular flexibility index (Phi) is 5.40. The molecule has 7 heteroatoms. The molecule has 2 heterocycles. The Bertz CT molecular complexity index is 1080. The molecular formula is C24H24FN3O3. The van der Waals surface area contributed by atoms with E-state index < -0.39 is 11.4 Å². The summed E-state index contributed by atoms with van der Waals surface area (Å²) in [5.74, 6) is 0.124. The molecule has 0 N–H and O–H groups in total. The van der Waals surface area contributed by atoms with Gasteiger partial charge >= 0.3 is 6.09 Å². The smallest absolute Gasteiger partial charge is 0.410 e. The third kappa shape index (κ3) is 4.53. The molecule has 1 aromatic heterocycles. The van der Waals surface area contributed by atoms with E-state index in [1.54, 1.807) is 23.1 Å². The Morgan fingerprint density at radius 2 is 2.13 bits per heavy atom. The molecule has 1 amide bonds. The lowest BCUT2D eigenvalue weighted by atomic mass is 9.99. The van der Waals surface area contributed by atoms with Gasteiger partial charge in [0.15, 0.2) is 0 Å². The number of fused-ring (bicyclic) bond motifs is 2. The molecule has 1 saturated heterocycles. The van der Waals surface area contributed by atoms with E-state index in [4.69, 9.17) is 14.7 Å². The number of rotatable bonds is 4. The summed E-state index contributed by atoms with van der Waals surface area (Å²) in [5.41, 5.74) is 2.00. The van der Waals surface area contributed by atoms with Gasteiger partial charge in [0.05, 0.1) is 23.4 Å². The number of likely N-dealkylation sites (tertiary alicyclic amines) is 1. The highest BCUT2D eigenvalue weighted by Gasteiger charge is 2.43. The Balaban J connectivity index is 1.44. The van der Waals surface area contributed by atoms with Gasteiger partial charge in [0.25, 0.3) is 0 Å². The van der Waals surface area contributed by atoms with Gasteiger partial charge in [0.1, 0.15) is 18.0 Å². The van der Waals surface area contributed by atoms with Gasteiger partial charge < -0.3 is 14.4 Å². The lowest BCUT2D eigenvalue weighted by Crippen LogP contribution is -2.40. The van der Waals surface area contributed by atoms with Crippen LogP contribution in [0.15, 0.2) is 42.5 Å². The first-order valence-corrected chi connectivity index (χ1v) is 10.2. The highest BCUT2D eigenvalue weighted by atomic mass is 19.1. The molecule has 1 aliphatic heterocycles. The van der Waals surface area contributed by atoms with Crippen molar-refractivity contribution in [3.8, 4) is 11.9 Å². The van der Waals surface area contributed by atoms with E-state index in [-0.39, 0.29) is 30.2 Å². The number of ether oxygens (including phenoxy) is 2. The minimum atomic E-state index is -0.521. The highest BCUT2D eigenvalue weighted by Crippen LogP contribution is 2.42. The van der Waals surface area contributed by atoms with E-state index in [1.165, 1.54) is 6.07 Å². The zero-order valence-electron chi connectivity index (χ0n) is 17.8. The number of nitriles is 1. The molecule has 2 atom stereocenters. The van der Waals surface area contributed by atoms with Crippen LogP contribution in [0.4, 0.5) is 9.18 Å². The van der Waals surface area contributed by atoms with E-state index in [0.717, 1.165) is 17.7 Å². The number of aromatic nitrogens is 1. The lowest BCUT2D eigenvalue weighted by Gasteiger charge is -2.29. The summed E-state index contributed by atoms with van der Waals surface area (Å²) in [5, 5.41) is 8.84. The van der Waals surface area contributed by atoms with Crippen molar-refractivity contribution in [2.45, 2.75) is 45.4 Å². The van der Waals surface area contributed by atoms with Crippen molar-refractivity contribution in [2.24, 2.45) is 5.92 Å². The molecular weight excluding hydrogens is 397 g/mol. The van der Waals surface area contributed by atoms with Gasteiger partial charge in [-0.15, -0.1) is 0 Å².